The SMILES string of the molecule is C=C(/C=C\C(=C)OC(=O)c1ccc(C)c(C)c1)OC(=O)C(=C)/C=C(/C)C(=C)C. The second-order valence-electron chi connectivity index (χ2n) is 6.48. The molecule has 0 radical (unpaired) electrons. The van der Waals surface area contributed by atoms with E-state index in [1.165, 1.54) is 12.2 Å². The highest BCUT2D eigenvalue weighted by Gasteiger charge is 2.10. The van der Waals surface area contributed by atoms with E-state index in [1.807, 2.05) is 33.8 Å². The molecule has 4 heteroatoms. The largest absolute Gasteiger partial charge is 0.424 e. The van der Waals surface area contributed by atoms with E-state index < -0.39 is 11.9 Å². The first-order valence-electron chi connectivity index (χ1n) is 8.62. The van der Waals surface area contributed by atoms with Crippen LogP contribution in [0.1, 0.15) is 35.3 Å². The third-order valence-corrected chi connectivity index (χ3v) is 3.97. The molecule has 4 nitrogen and oxygen atoms in total. The predicted octanol–water partition coefficient (Wildman–Crippen LogP) is 5.67. The number of carbonyl (C=O) groups excluding carboxylic acids is 2. The molecule has 0 aliphatic carbocycles. The quantitative estimate of drug-likeness (QED) is 0.253. The number of benzene rings is 1. The predicted molar refractivity (Wildman–Crippen MR) is 113 cm³/mol. The molecule has 1 rings (SSSR count). The molecule has 1 aromatic carbocycles. The Morgan fingerprint density at radius 2 is 1.46 bits per heavy atom. The summed E-state index contributed by atoms with van der Waals surface area (Å²) in [5.74, 6) is -0.990. The maximum Gasteiger partial charge on any atom is 0.343 e. The van der Waals surface area contributed by atoms with Crippen molar-refractivity contribution in [2.24, 2.45) is 0 Å². The smallest absolute Gasteiger partial charge is 0.343 e. The number of esters is 2. The summed E-state index contributed by atoms with van der Waals surface area (Å²) in [6, 6.07) is 5.29. The third-order valence-electron chi connectivity index (χ3n) is 3.97. The van der Waals surface area contributed by atoms with E-state index >= 15 is 0 Å². The second-order valence-corrected chi connectivity index (χ2v) is 6.48. The van der Waals surface area contributed by atoms with Crippen molar-refractivity contribution in [3.05, 3.63) is 108 Å². The van der Waals surface area contributed by atoms with E-state index in [9.17, 15) is 9.59 Å². The monoisotopic (exact) mass is 378 g/mol. The lowest BCUT2D eigenvalue weighted by molar-refractivity contribution is -0.134. The molecule has 0 atom stereocenters. The average molecular weight is 378 g/mol. The summed E-state index contributed by atoms with van der Waals surface area (Å²) in [4.78, 5) is 24.1. The van der Waals surface area contributed by atoms with Gasteiger partial charge in [-0.15, -0.1) is 0 Å². The van der Waals surface area contributed by atoms with Crippen LogP contribution in [0, 0.1) is 13.8 Å². The van der Waals surface area contributed by atoms with E-state index in [0.717, 1.165) is 22.3 Å². The summed E-state index contributed by atoms with van der Waals surface area (Å²) in [6.45, 7) is 22.3. The maximum absolute atomic E-state index is 12.1. The Hall–Kier alpha value is -3.40. The molecule has 0 spiro atoms. The number of hydrogen-bond acceptors (Lipinski definition) is 4. The Morgan fingerprint density at radius 1 is 0.893 bits per heavy atom. The lowest BCUT2D eigenvalue weighted by atomic mass is 10.1. The van der Waals surface area contributed by atoms with Gasteiger partial charge in [-0.2, -0.15) is 0 Å². The van der Waals surface area contributed by atoms with Crippen molar-refractivity contribution in [2.75, 3.05) is 0 Å². The van der Waals surface area contributed by atoms with Gasteiger partial charge in [0, 0.05) is 0 Å². The molecule has 146 valence electrons. The number of rotatable bonds is 8. The van der Waals surface area contributed by atoms with Crippen molar-refractivity contribution in [1.82, 2.24) is 0 Å². The minimum absolute atomic E-state index is 0.0657. The molecule has 0 unspecified atom stereocenters. The van der Waals surface area contributed by atoms with E-state index in [-0.39, 0.29) is 17.1 Å². The first-order valence-corrected chi connectivity index (χ1v) is 8.62. The van der Waals surface area contributed by atoms with E-state index in [4.69, 9.17) is 9.47 Å². The average Bonchev–Trinajstić information content (AvgIpc) is 2.61. The van der Waals surface area contributed by atoms with Crippen LogP contribution in [-0.2, 0) is 14.3 Å². The topological polar surface area (TPSA) is 52.6 Å². The van der Waals surface area contributed by atoms with Crippen molar-refractivity contribution in [3.63, 3.8) is 0 Å². The van der Waals surface area contributed by atoms with Gasteiger partial charge in [0.25, 0.3) is 0 Å². The minimum Gasteiger partial charge on any atom is -0.424 e. The van der Waals surface area contributed by atoms with Gasteiger partial charge in [-0.1, -0.05) is 38.0 Å². The molecule has 0 aliphatic rings. The van der Waals surface area contributed by atoms with Gasteiger partial charge in [0.05, 0.1) is 11.1 Å². The zero-order valence-electron chi connectivity index (χ0n) is 16.9. The number of ether oxygens (including phenoxy) is 2. The zero-order chi connectivity index (χ0) is 21.4. The summed E-state index contributed by atoms with van der Waals surface area (Å²) in [5, 5.41) is 0. The lowest BCUT2D eigenvalue weighted by Crippen LogP contribution is -2.05. The van der Waals surface area contributed by atoms with Crippen LogP contribution >= 0.6 is 0 Å². The fourth-order valence-corrected chi connectivity index (χ4v) is 1.93. The van der Waals surface area contributed by atoms with Crippen molar-refractivity contribution < 1.29 is 19.1 Å². The number of aryl methyl sites for hydroxylation is 2. The molecule has 0 aromatic heterocycles. The maximum atomic E-state index is 12.1. The molecular weight excluding hydrogens is 352 g/mol. The Morgan fingerprint density at radius 3 is 2.00 bits per heavy atom. The van der Waals surface area contributed by atoms with E-state index in [2.05, 4.69) is 26.3 Å². The highest BCUT2D eigenvalue weighted by molar-refractivity contribution is 5.92. The summed E-state index contributed by atoms with van der Waals surface area (Å²) in [6.07, 6.45) is 4.37. The van der Waals surface area contributed by atoms with Crippen LogP contribution in [0.5, 0.6) is 0 Å². The molecule has 0 N–H and O–H groups in total. The second kappa shape index (κ2) is 10.1. The van der Waals surface area contributed by atoms with Gasteiger partial charge in [-0.05, 0) is 74.8 Å². The van der Waals surface area contributed by atoms with Gasteiger partial charge in [0.1, 0.15) is 11.5 Å². The van der Waals surface area contributed by atoms with Gasteiger partial charge < -0.3 is 9.47 Å². The molecule has 28 heavy (non-hydrogen) atoms. The fraction of sp³-hybridized carbons (Fsp3) is 0.167. The molecule has 0 bridgehead atoms. The fourth-order valence-electron chi connectivity index (χ4n) is 1.93. The molecule has 0 amide bonds. The minimum atomic E-state index is -0.631. The Labute approximate surface area is 166 Å². The van der Waals surface area contributed by atoms with Gasteiger partial charge in [-0.25, -0.2) is 9.59 Å². The highest BCUT2D eigenvalue weighted by Crippen LogP contribution is 2.14. The molecule has 0 aliphatic heterocycles. The first kappa shape index (κ1) is 22.6. The summed E-state index contributed by atoms with van der Waals surface area (Å²) in [5.41, 5.74) is 4.34. The third kappa shape index (κ3) is 7.08. The summed E-state index contributed by atoms with van der Waals surface area (Å²) < 4.78 is 10.3. The van der Waals surface area contributed by atoms with Crippen LogP contribution in [0.25, 0.3) is 0 Å². The molecule has 0 saturated carbocycles. The van der Waals surface area contributed by atoms with Gasteiger partial charge in [0.2, 0.25) is 0 Å². The van der Waals surface area contributed by atoms with Crippen LogP contribution < -0.4 is 0 Å². The standard InChI is InChI=1S/C24H26O4/c1-15(2)17(4)13-19(6)23(25)27-20(7)10-11-21(8)28-24(26)22-12-9-16(3)18(5)14-22/h9-14H,1,6-8H2,2-5H3/b11-10-,17-13-. The Kier molecular flexibility index (Phi) is 8.14. The lowest BCUT2D eigenvalue weighted by Gasteiger charge is -2.07. The van der Waals surface area contributed by atoms with Crippen LogP contribution in [-0.4, -0.2) is 11.9 Å². The molecule has 0 fully saturated rings. The number of allylic oxidation sites excluding steroid dienone is 4. The first-order chi connectivity index (χ1) is 13.0. The van der Waals surface area contributed by atoms with Gasteiger partial charge in [-0.3, -0.25) is 0 Å². The Balaban J connectivity index is 2.62. The summed E-state index contributed by atoms with van der Waals surface area (Å²) in [7, 11) is 0. The van der Waals surface area contributed by atoms with E-state index in [1.54, 1.807) is 18.2 Å². The number of hydrogen-bond donors (Lipinski definition) is 0. The molecule has 0 heterocycles. The van der Waals surface area contributed by atoms with Gasteiger partial charge in [0.15, 0.2) is 0 Å². The van der Waals surface area contributed by atoms with Crippen LogP contribution in [0.15, 0.2) is 91.0 Å². The van der Waals surface area contributed by atoms with Crippen molar-refractivity contribution in [3.8, 4) is 0 Å². The normalized spacial score (nSPS) is 11.1. The highest BCUT2D eigenvalue weighted by atomic mass is 16.5. The van der Waals surface area contributed by atoms with Crippen LogP contribution in [0.3, 0.4) is 0 Å². The van der Waals surface area contributed by atoms with Crippen molar-refractivity contribution >= 4 is 11.9 Å². The van der Waals surface area contributed by atoms with E-state index in [0.29, 0.717) is 5.56 Å². The summed E-state index contributed by atoms with van der Waals surface area (Å²) >= 11 is 0. The molecular formula is C24H26O4. The Bertz CT molecular complexity index is 911. The molecule has 0 saturated heterocycles. The van der Waals surface area contributed by atoms with Crippen molar-refractivity contribution in [2.45, 2.75) is 27.7 Å². The van der Waals surface area contributed by atoms with Gasteiger partial charge >= 0.3 is 11.9 Å². The van der Waals surface area contributed by atoms with Crippen LogP contribution in [0.2, 0.25) is 0 Å². The zero-order valence-corrected chi connectivity index (χ0v) is 16.9. The molecule has 1 aromatic rings. The van der Waals surface area contributed by atoms with Crippen LogP contribution in [0.4, 0.5) is 0 Å². The van der Waals surface area contributed by atoms with Crippen molar-refractivity contribution in [1.29, 1.82) is 0 Å². The number of carbonyl (C=O) groups is 2.